The summed E-state index contributed by atoms with van der Waals surface area (Å²) in [4.78, 5) is 0. The molecule has 0 aromatic heterocycles. The number of hydrogen-bond donors (Lipinski definition) is 0. The van der Waals surface area contributed by atoms with Crippen molar-refractivity contribution in [2.24, 2.45) is 97.6 Å². The van der Waals surface area contributed by atoms with Crippen LogP contribution < -0.4 is 0 Å². The fourth-order valence-electron chi connectivity index (χ4n) is 17.5. The Kier molecular flexibility index (Phi) is 13.2. The second-order valence-electron chi connectivity index (χ2n) is 26.3. The van der Waals surface area contributed by atoms with Crippen LogP contribution in [0.1, 0.15) is 220 Å². The van der Waals surface area contributed by atoms with Crippen molar-refractivity contribution in [3.63, 3.8) is 0 Å². The van der Waals surface area contributed by atoms with Crippen LogP contribution in [0.4, 0.5) is 0 Å². The van der Waals surface area contributed by atoms with Gasteiger partial charge in [0.05, 0.1) is 0 Å². The lowest BCUT2D eigenvalue weighted by atomic mass is 9.42. The molecule has 8 rings (SSSR count). The molecule has 0 aliphatic heterocycles. The summed E-state index contributed by atoms with van der Waals surface area (Å²) >= 11 is 0. The van der Waals surface area contributed by atoms with Crippen LogP contribution >= 0.6 is 0 Å². The maximum absolute atomic E-state index is 2.72. The van der Waals surface area contributed by atoms with E-state index in [0.717, 1.165) is 53.3 Å². The van der Waals surface area contributed by atoms with Crippen LogP contribution in [-0.2, 0) is 0 Å². The van der Waals surface area contributed by atoms with E-state index in [1.54, 1.807) is 5.57 Å². The Morgan fingerprint density at radius 2 is 1.40 bits per heavy atom. The first-order valence-corrected chi connectivity index (χ1v) is 26.5. The molecule has 0 amide bonds. The predicted octanol–water partition coefficient (Wildman–Crippen LogP) is 18.4. The third-order valence-electron chi connectivity index (χ3n) is 22.5. The topological polar surface area (TPSA) is 0 Å². The van der Waals surface area contributed by atoms with E-state index in [0.29, 0.717) is 44.3 Å². The molecule has 0 N–H and O–H groups in total. The fraction of sp³-hybridized carbons (Fsp3) is 0.833. The molecule has 0 aromatic carbocycles. The van der Waals surface area contributed by atoms with Gasteiger partial charge in [-0.15, -0.1) is 0 Å². The second kappa shape index (κ2) is 16.9. The van der Waals surface area contributed by atoms with Gasteiger partial charge in [0.2, 0.25) is 0 Å². The summed E-state index contributed by atoms with van der Waals surface area (Å²) in [5.74, 6) is 9.07. The van der Waals surface area contributed by atoms with Crippen LogP contribution in [0.2, 0.25) is 0 Å². The van der Waals surface area contributed by atoms with Gasteiger partial charge in [0, 0.05) is 0 Å². The largest absolute Gasteiger partial charge is 0.0859 e. The highest BCUT2D eigenvalue weighted by molar-refractivity contribution is 5.40. The number of allylic oxidation sites excluding steroid dienone is 10. The maximum atomic E-state index is 2.72. The normalized spacial score (nSPS) is 44.5. The van der Waals surface area contributed by atoms with Crippen LogP contribution in [0.5, 0.6) is 0 Å². The summed E-state index contributed by atoms with van der Waals surface area (Å²) < 4.78 is 0. The molecule has 0 radical (unpaired) electrons. The monoisotopic (exact) mass is 819 g/mol. The summed E-state index contributed by atoms with van der Waals surface area (Å²) in [7, 11) is 0. The molecule has 5 saturated carbocycles. The maximum Gasteiger partial charge on any atom is -0.00474 e. The smallest absolute Gasteiger partial charge is 0.00474 e. The van der Waals surface area contributed by atoms with Crippen molar-refractivity contribution >= 4 is 0 Å². The van der Waals surface area contributed by atoms with Gasteiger partial charge < -0.3 is 0 Å². The highest BCUT2D eigenvalue weighted by Crippen LogP contribution is 2.73. The van der Waals surface area contributed by atoms with E-state index in [4.69, 9.17) is 0 Å². The Morgan fingerprint density at radius 3 is 2.10 bits per heavy atom. The van der Waals surface area contributed by atoms with Crippen molar-refractivity contribution in [1.82, 2.24) is 0 Å². The molecule has 338 valence electrons. The molecule has 5 fully saturated rings. The minimum absolute atomic E-state index is 0.456. The van der Waals surface area contributed by atoms with E-state index in [2.05, 4.69) is 141 Å². The Balaban J connectivity index is 0.000000182. The summed E-state index contributed by atoms with van der Waals surface area (Å²) in [5, 5.41) is 0. The fourth-order valence-corrected chi connectivity index (χ4v) is 17.5. The SMILES string of the molecule is CC(C)=CCC[C@@H](C)[C@H]1CC[C@@]2(C)C3=C(CC[C@]12C)[C@@]1(C)CC[C@H](C)C(C)(C)C1CC3.CC(C)C(C)/C=C/C(C)C1CC[C@H]2C3=CC=C4C[C@@H](C)CC[C@]4(C)[C@H]3CC[C@]12C. The Hall–Kier alpha value is -1.30. The molecular weight excluding hydrogens is 721 g/mol. The van der Waals surface area contributed by atoms with E-state index < -0.39 is 0 Å². The van der Waals surface area contributed by atoms with Gasteiger partial charge in [-0.1, -0.05) is 155 Å². The first-order chi connectivity index (χ1) is 28.0. The quantitative estimate of drug-likeness (QED) is 0.214. The zero-order valence-corrected chi connectivity index (χ0v) is 42.8. The first-order valence-electron chi connectivity index (χ1n) is 26.5. The molecule has 15 atom stereocenters. The predicted molar refractivity (Wildman–Crippen MR) is 263 cm³/mol. The average molecular weight is 819 g/mol. The van der Waals surface area contributed by atoms with Crippen molar-refractivity contribution in [3.05, 3.63) is 58.2 Å². The van der Waals surface area contributed by atoms with Crippen molar-refractivity contribution < 1.29 is 0 Å². The number of hydrogen-bond acceptors (Lipinski definition) is 0. The molecule has 0 bridgehead atoms. The first kappa shape index (κ1) is 46.7. The molecule has 0 heterocycles. The molecule has 0 aromatic rings. The van der Waals surface area contributed by atoms with Gasteiger partial charge in [-0.05, 0) is 221 Å². The standard InChI is InChI=1S/C31H52.C29H46/c1-21(2)11-10-12-22(3)24-16-19-31(9)26-13-14-27-28(5,6)23(4)15-18-29(27,7)25(26)17-20-30(24,31)8;1-19(2)21(4)8-9-22(5)25-12-13-26-24-11-10-23-18-20(3)14-16-28(23,6)27(24)15-17-29(25,26)7/h11,22-24,27H,10,12-20H2,1-9H3;8-11,19-22,25-27H,12-18H2,1-7H3/b;9-8+/t22-,23+,24-,27?,29-,30-,31+;20-,21?,22?,25?,26-,27-,28-,29+/m10/s1. The van der Waals surface area contributed by atoms with Gasteiger partial charge in [0.1, 0.15) is 0 Å². The summed E-state index contributed by atoms with van der Waals surface area (Å²) in [6.45, 7) is 40.2. The van der Waals surface area contributed by atoms with Gasteiger partial charge in [-0.2, -0.15) is 0 Å². The van der Waals surface area contributed by atoms with Crippen LogP contribution in [0.3, 0.4) is 0 Å². The van der Waals surface area contributed by atoms with E-state index in [1.165, 1.54) is 115 Å². The van der Waals surface area contributed by atoms with E-state index in [1.807, 2.05) is 16.7 Å². The Labute approximate surface area is 374 Å². The van der Waals surface area contributed by atoms with Crippen molar-refractivity contribution in [1.29, 1.82) is 0 Å². The van der Waals surface area contributed by atoms with Gasteiger partial charge >= 0.3 is 0 Å². The Bertz CT molecular complexity index is 1720. The summed E-state index contributed by atoms with van der Waals surface area (Å²) in [6, 6.07) is 0. The molecule has 60 heavy (non-hydrogen) atoms. The molecule has 0 spiro atoms. The van der Waals surface area contributed by atoms with Crippen LogP contribution in [-0.4, -0.2) is 0 Å². The minimum atomic E-state index is 0.456. The van der Waals surface area contributed by atoms with Gasteiger partial charge in [-0.3, -0.25) is 0 Å². The number of rotatable bonds is 8. The lowest BCUT2D eigenvalue weighted by Gasteiger charge is -2.62. The molecule has 0 nitrogen and oxygen atoms in total. The van der Waals surface area contributed by atoms with Crippen molar-refractivity contribution in [3.8, 4) is 0 Å². The van der Waals surface area contributed by atoms with Crippen LogP contribution in [0, 0.1) is 97.6 Å². The molecule has 0 heteroatoms. The summed E-state index contributed by atoms with van der Waals surface area (Å²) in [6.07, 6.45) is 36.8. The van der Waals surface area contributed by atoms with E-state index in [9.17, 15) is 0 Å². The van der Waals surface area contributed by atoms with Crippen molar-refractivity contribution in [2.45, 2.75) is 220 Å². The van der Waals surface area contributed by atoms with E-state index >= 15 is 0 Å². The highest BCUT2D eigenvalue weighted by atomic mass is 14.7. The molecular formula is C60H98. The highest BCUT2D eigenvalue weighted by Gasteiger charge is 2.63. The van der Waals surface area contributed by atoms with Crippen LogP contribution in [0.25, 0.3) is 0 Å². The van der Waals surface area contributed by atoms with Crippen LogP contribution in [0.15, 0.2) is 58.2 Å². The van der Waals surface area contributed by atoms with E-state index in [-0.39, 0.29) is 0 Å². The number of fused-ring (bicyclic) bond motifs is 9. The third kappa shape index (κ3) is 7.64. The Morgan fingerprint density at radius 1 is 0.683 bits per heavy atom. The molecule has 0 saturated heterocycles. The van der Waals surface area contributed by atoms with Crippen molar-refractivity contribution in [2.75, 3.05) is 0 Å². The van der Waals surface area contributed by atoms with Gasteiger partial charge in [-0.25, -0.2) is 0 Å². The lowest BCUT2D eigenvalue weighted by molar-refractivity contribution is -0.0482. The average Bonchev–Trinajstić information content (AvgIpc) is 3.69. The molecule has 8 aliphatic rings. The zero-order chi connectivity index (χ0) is 43.8. The third-order valence-corrected chi connectivity index (χ3v) is 22.5. The van der Waals surface area contributed by atoms with Gasteiger partial charge in [0.25, 0.3) is 0 Å². The minimum Gasteiger partial charge on any atom is -0.0859 e. The molecule has 8 aliphatic carbocycles. The molecule has 4 unspecified atom stereocenters. The summed E-state index contributed by atoms with van der Waals surface area (Å²) in [5.41, 5.74) is 11.9. The second-order valence-corrected chi connectivity index (χ2v) is 26.3. The van der Waals surface area contributed by atoms with Gasteiger partial charge in [0.15, 0.2) is 0 Å². The lowest BCUT2D eigenvalue weighted by Crippen LogP contribution is -2.53. The zero-order valence-electron chi connectivity index (χ0n) is 42.8.